The van der Waals surface area contributed by atoms with E-state index in [-0.39, 0.29) is 17.0 Å². The topological polar surface area (TPSA) is 66.5 Å². The van der Waals surface area contributed by atoms with Gasteiger partial charge in [0.1, 0.15) is 0 Å². The van der Waals surface area contributed by atoms with Crippen LogP contribution in [-0.4, -0.2) is 59.7 Å². The average molecular weight is 585 g/mol. The Kier molecular flexibility index (Phi) is 10.0. The number of hydrogen-bond donors (Lipinski definition) is 0. The molecule has 38 heavy (non-hydrogen) atoms. The molecule has 2 aromatic rings. The van der Waals surface area contributed by atoms with Gasteiger partial charge in [-0.2, -0.15) is 0 Å². The zero-order valence-electron chi connectivity index (χ0n) is 23.5. The highest BCUT2D eigenvalue weighted by atomic mass is 35.5. The van der Waals surface area contributed by atoms with Gasteiger partial charge >= 0.3 is 0 Å². The number of ether oxygens (including phenoxy) is 4. The summed E-state index contributed by atoms with van der Waals surface area (Å²) in [6.07, 6.45) is 0.800. The van der Waals surface area contributed by atoms with Crippen molar-refractivity contribution in [2.45, 2.75) is 64.1 Å². The molecule has 1 aliphatic heterocycles. The van der Waals surface area contributed by atoms with Crippen LogP contribution in [0, 0.1) is 0 Å². The van der Waals surface area contributed by atoms with E-state index in [4.69, 9.17) is 46.6 Å². The van der Waals surface area contributed by atoms with Crippen molar-refractivity contribution in [3.05, 3.63) is 51.5 Å². The summed E-state index contributed by atoms with van der Waals surface area (Å²) in [5.74, 6) is 1.01. The van der Waals surface area contributed by atoms with Crippen LogP contribution < -0.4 is 14.2 Å². The number of nitrogens with zero attached hydrogens (tertiary/aromatic N) is 1. The number of carbonyl (C=O) groups is 1. The zero-order chi connectivity index (χ0) is 28.3. The van der Waals surface area contributed by atoms with Crippen LogP contribution in [0.5, 0.6) is 17.2 Å². The van der Waals surface area contributed by atoms with Crippen molar-refractivity contribution in [1.82, 2.24) is 4.90 Å². The highest BCUT2D eigenvalue weighted by Gasteiger charge is 2.39. The standard InChI is InChI=1S/C28H39Cl2NO6Si/c1-28(2,3)38(7,8)36-13-9-10-20-17-31(27(37-20)18-11-12-21(29)22(30)14-18)26(32)19-15-23(33-4)25(35-6)24(16-19)34-5/h11-12,14-16,20,27H,9-10,13,17H2,1-8H3. The smallest absolute Gasteiger partial charge is 0.256 e. The summed E-state index contributed by atoms with van der Waals surface area (Å²) in [7, 11) is 2.73. The fourth-order valence-corrected chi connectivity index (χ4v) is 5.51. The Hall–Kier alpha value is -1.97. The Bertz CT molecular complexity index is 1110. The second-order valence-corrected chi connectivity index (χ2v) is 16.5. The summed E-state index contributed by atoms with van der Waals surface area (Å²) < 4.78 is 29.1. The molecule has 0 aromatic heterocycles. The Morgan fingerprint density at radius 1 is 1.03 bits per heavy atom. The van der Waals surface area contributed by atoms with Crippen LogP contribution in [0.1, 0.15) is 55.8 Å². The summed E-state index contributed by atoms with van der Waals surface area (Å²) in [6.45, 7) is 12.3. The molecule has 1 saturated heterocycles. The van der Waals surface area contributed by atoms with Crippen molar-refractivity contribution in [1.29, 1.82) is 0 Å². The first-order chi connectivity index (χ1) is 17.8. The first-order valence-electron chi connectivity index (χ1n) is 12.7. The van der Waals surface area contributed by atoms with Crippen LogP contribution in [0.2, 0.25) is 28.2 Å². The predicted octanol–water partition coefficient (Wildman–Crippen LogP) is 7.36. The fourth-order valence-electron chi connectivity index (χ4n) is 4.11. The van der Waals surface area contributed by atoms with Gasteiger partial charge in [0.15, 0.2) is 26.0 Å². The van der Waals surface area contributed by atoms with E-state index in [1.54, 1.807) is 29.2 Å². The fraction of sp³-hybridized carbons (Fsp3) is 0.536. The summed E-state index contributed by atoms with van der Waals surface area (Å²) >= 11 is 12.5. The second kappa shape index (κ2) is 12.5. The van der Waals surface area contributed by atoms with Crippen LogP contribution in [0.15, 0.2) is 30.3 Å². The van der Waals surface area contributed by atoms with E-state index in [1.165, 1.54) is 21.3 Å². The van der Waals surface area contributed by atoms with E-state index in [0.717, 1.165) is 18.4 Å². The molecule has 0 aliphatic carbocycles. The Balaban J connectivity index is 1.84. The highest BCUT2D eigenvalue weighted by Crippen LogP contribution is 2.41. The van der Waals surface area contributed by atoms with Gasteiger partial charge in [0.25, 0.3) is 5.91 Å². The molecule has 210 valence electrons. The number of halogens is 2. The Labute approximate surface area is 237 Å². The van der Waals surface area contributed by atoms with Crippen molar-refractivity contribution in [3.63, 3.8) is 0 Å². The maximum atomic E-state index is 13.9. The lowest BCUT2D eigenvalue weighted by Gasteiger charge is -2.36. The van der Waals surface area contributed by atoms with E-state index in [0.29, 0.717) is 46.0 Å². The predicted molar refractivity (Wildman–Crippen MR) is 154 cm³/mol. The van der Waals surface area contributed by atoms with Crippen LogP contribution in [0.25, 0.3) is 0 Å². The van der Waals surface area contributed by atoms with Crippen molar-refractivity contribution < 1.29 is 28.2 Å². The van der Waals surface area contributed by atoms with Gasteiger partial charge in [0.2, 0.25) is 5.75 Å². The third kappa shape index (κ3) is 6.77. The minimum Gasteiger partial charge on any atom is -0.493 e. The van der Waals surface area contributed by atoms with Crippen molar-refractivity contribution in [3.8, 4) is 17.2 Å². The van der Waals surface area contributed by atoms with E-state index in [1.807, 2.05) is 6.07 Å². The molecular formula is C28H39Cl2NO6Si. The maximum absolute atomic E-state index is 13.9. The largest absolute Gasteiger partial charge is 0.493 e. The Morgan fingerprint density at radius 3 is 2.18 bits per heavy atom. The molecule has 0 N–H and O–H groups in total. The molecular weight excluding hydrogens is 545 g/mol. The molecule has 2 unspecified atom stereocenters. The summed E-state index contributed by atoms with van der Waals surface area (Å²) in [4.78, 5) is 15.6. The summed E-state index contributed by atoms with van der Waals surface area (Å²) in [5, 5.41) is 0.994. The van der Waals surface area contributed by atoms with Gasteiger partial charge in [-0.3, -0.25) is 4.79 Å². The highest BCUT2D eigenvalue weighted by molar-refractivity contribution is 6.74. The molecule has 1 amide bonds. The third-order valence-corrected chi connectivity index (χ3v) is 12.6. The monoisotopic (exact) mass is 583 g/mol. The molecule has 0 spiro atoms. The van der Waals surface area contributed by atoms with Crippen molar-refractivity contribution >= 4 is 37.4 Å². The molecule has 1 fully saturated rings. The minimum absolute atomic E-state index is 0.152. The van der Waals surface area contributed by atoms with Gasteiger partial charge in [-0.05, 0) is 55.2 Å². The summed E-state index contributed by atoms with van der Waals surface area (Å²) in [6, 6.07) is 8.58. The van der Waals surface area contributed by atoms with Gasteiger partial charge in [-0.1, -0.05) is 50.0 Å². The van der Waals surface area contributed by atoms with Gasteiger partial charge in [0, 0.05) is 17.7 Å². The molecule has 2 aromatic carbocycles. The SMILES string of the molecule is COc1cc(C(=O)N2CC(CCCO[Si](C)(C)C(C)(C)C)OC2c2ccc(Cl)c(Cl)c2)cc(OC)c1OC. The van der Waals surface area contributed by atoms with Crippen LogP contribution >= 0.6 is 23.2 Å². The van der Waals surface area contributed by atoms with E-state index < -0.39 is 14.5 Å². The van der Waals surface area contributed by atoms with E-state index >= 15 is 0 Å². The second-order valence-electron chi connectivity index (χ2n) is 10.9. The normalized spacial score (nSPS) is 18.0. The third-order valence-electron chi connectivity index (χ3n) is 7.35. The molecule has 0 saturated carbocycles. The van der Waals surface area contributed by atoms with Gasteiger partial charge in [0.05, 0.1) is 44.0 Å². The summed E-state index contributed by atoms with van der Waals surface area (Å²) in [5.41, 5.74) is 1.15. The molecule has 0 bridgehead atoms. The van der Waals surface area contributed by atoms with Crippen LogP contribution in [0.4, 0.5) is 0 Å². The molecule has 2 atom stereocenters. The minimum atomic E-state index is -1.83. The number of methoxy groups -OCH3 is 3. The molecule has 1 aliphatic rings. The van der Waals surface area contributed by atoms with Gasteiger partial charge in [-0.25, -0.2) is 0 Å². The lowest BCUT2D eigenvalue weighted by atomic mass is 10.1. The van der Waals surface area contributed by atoms with Crippen molar-refractivity contribution in [2.75, 3.05) is 34.5 Å². The number of rotatable bonds is 10. The van der Waals surface area contributed by atoms with Crippen molar-refractivity contribution in [2.24, 2.45) is 0 Å². The van der Waals surface area contributed by atoms with Crippen LogP contribution in [-0.2, 0) is 9.16 Å². The molecule has 10 heteroatoms. The van der Waals surface area contributed by atoms with Crippen LogP contribution in [0.3, 0.4) is 0 Å². The average Bonchev–Trinajstić information content (AvgIpc) is 3.30. The number of hydrogen-bond acceptors (Lipinski definition) is 6. The van der Waals surface area contributed by atoms with E-state index in [9.17, 15) is 4.79 Å². The first-order valence-corrected chi connectivity index (χ1v) is 16.3. The van der Waals surface area contributed by atoms with Gasteiger partial charge < -0.3 is 28.3 Å². The number of carbonyl (C=O) groups excluding carboxylic acids is 1. The molecule has 0 radical (unpaired) electrons. The van der Waals surface area contributed by atoms with E-state index in [2.05, 4.69) is 33.9 Å². The number of benzene rings is 2. The molecule has 1 heterocycles. The maximum Gasteiger partial charge on any atom is 0.256 e. The lowest BCUT2D eigenvalue weighted by Crippen LogP contribution is -2.41. The zero-order valence-corrected chi connectivity index (χ0v) is 26.0. The van der Waals surface area contributed by atoms with Gasteiger partial charge in [-0.15, -0.1) is 0 Å². The first kappa shape index (κ1) is 30.6. The molecule has 3 rings (SSSR count). The number of amides is 1. The Morgan fingerprint density at radius 2 is 1.66 bits per heavy atom. The molecule has 7 nitrogen and oxygen atoms in total. The lowest BCUT2D eigenvalue weighted by molar-refractivity contribution is -0.00209. The quantitative estimate of drug-likeness (QED) is 0.215.